The number of carbonyl (C=O) groups is 1. The Balaban J connectivity index is 1.86. The van der Waals surface area contributed by atoms with Crippen molar-refractivity contribution in [3.8, 4) is 11.6 Å². The number of rotatable bonds is 3. The van der Waals surface area contributed by atoms with Gasteiger partial charge in [-0.25, -0.2) is 14.6 Å². The van der Waals surface area contributed by atoms with Gasteiger partial charge in [-0.2, -0.15) is 18.3 Å². The molecule has 3 heterocycles. The smallest absolute Gasteiger partial charge is 0.417 e. The molecule has 3 aromatic heterocycles. The summed E-state index contributed by atoms with van der Waals surface area (Å²) < 4.78 is 39.1. The average molecular weight is 363 g/mol. The van der Waals surface area contributed by atoms with Gasteiger partial charge in [0.15, 0.2) is 17.4 Å². The maximum atomic E-state index is 12.6. The Morgan fingerprint density at radius 3 is 2.58 bits per heavy atom. The summed E-state index contributed by atoms with van der Waals surface area (Å²) in [4.78, 5) is 19.9. The van der Waals surface area contributed by atoms with Crippen molar-refractivity contribution < 1.29 is 23.1 Å². The van der Waals surface area contributed by atoms with E-state index in [4.69, 9.17) is 0 Å². The fraction of sp³-hybridized carbons (Fsp3) is 0.125. The lowest BCUT2D eigenvalue weighted by molar-refractivity contribution is -0.137. The zero-order valence-corrected chi connectivity index (χ0v) is 13.3. The zero-order chi connectivity index (χ0) is 18.9. The lowest BCUT2D eigenvalue weighted by Gasteiger charge is -2.08. The number of aromatic nitrogens is 4. The molecule has 3 aromatic rings. The third-order valence-electron chi connectivity index (χ3n) is 3.56. The van der Waals surface area contributed by atoms with Crippen molar-refractivity contribution in [1.82, 2.24) is 19.7 Å². The van der Waals surface area contributed by atoms with E-state index >= 15 is 0 Å². The first-order valence-corrected chi connectivity index (χ1v) is 7.31. The third kappa shape index (κ3) is 3.34. The van der Waals surface area contributed by atoms with E-state index in [0.717, 1.165) is 12.1 Å². The molecule has 0 atom stereocenters. The van der Waals surface area contributed by atoms with Crippen molar-refractivity contribution in [1.29, 1.82) is 0 Å². The summed E-state index contributed by atoms with van der Waals surface area (Å²) in [6, 6.07) is 4.92. The van der Waals surface area contributed by atoms with Crippen molar-refractivity contribution in [3.05, 3.63) is 59.7 Å². The normalized spacial score (nSPS) is 11.4. The fourth-order valence-corrected chi connectivity index (χ4v) is 2.21. The highest BCUT2D eigenvalue weighted by atomic mass is 19.4. The quantitative estimate of drug-likeness (QED) is 0.746. The van der Waals surface area contributed by atoms with Crippen LogP contribution in [0.5, 0.6) is 5.75 Å². The van der Waals surface area contributed by atoms with E-state index in [1.165, 1.54) is 29.2 Å². The molecule has 134 valence electrons. The second-order valence-electron chi connectivity index (χ2n) is 5.28. The number of aromatic hydroxyl groups is 1. The van der Waals surface area contributed by atoms with E-state index in [0.29, 0.717) is 11.9 Å². The van der Waals surface area contributed by atoms with E-state index in [9.17, 15) is 23.1 Å². The zero-order valence-electron chi connectivity index (χ0n) is 13.3. The predicted octanol–water partition coefficient (Wildman–Crippen LogP) is 2.95. The Morgan fingerprint density at radius 1 is 1.19 bits per heavy atom. The van der Waals surface area contributed by atoms with Gasteiger partial charge < -0.3 is 10.4 Å². The molecular formula is C16H12F3N5O2. The van der Waals surface area contributed by atoms with Gasteiger partial charge in [0.25, 0.3) is 5.91 Å². The van der Waals surface area contributed by atoms with Crippen LogP contribution in [0.4, 0.5) is 19.0 Å². The second-order valence-corrected chi connectivity index (χ2v) is 5.28. The molecule has 0 bridgehead atoms. The molecule has 0 fully saturated rings. The first-order chi connectivity index (χ1) is 12.3. The first kappa shape index (κ1) is 17.4. The number of halogens is 3. The Bertz CT molecular complexity index is 951. The maximum absolute atomic E-state index is 12.6. The molecule has 26 heavy (non-hydrogen) atoms. The summed E-state index contributed by atoms with van der Waals surface area (Å²) in [5.74, 6) is -0.655. The van der Waals surface area contributed by atoms with Crippen LogP contribution in [0, 0.1) is 6.92 Å². The number of nitrogens with one attached hydrogen (secondary N) is 1. The number of amides is 1. The molecule has 0 radical (unpaired) electrons. The molecule has 0 aliphatic rings. The molecule has 0 saturated carbocycles. The number of hydrogen-bond donors (Lipinski definition) is 2. The summed E-state index contributed by atoms with van der Waals surface area (Å²) in [6.07, 6.45) is -1.13. The molecule has 2 N–H and O–H groups in total. The van der Waals surface area contributed by atoms with E-state index in [1.54, 1.807) is 6.92 Å². The van der Waals surface area contributed by atoms with Gasteiger partial charge in [-0.15, -0.1) is 0 Å². The number of pyridine rings is 2. The van der Waals surface area contributed by atoms with Crippen LogP contribution in [-0.4, -0.2) is 30.8 Å². The molecule has 0 saturated heterocycles. The Kier molecular flexibility index (Phi) is 4.33. The highest BCUT2D eigenvalue weighted by Crippen LogP contribution is 2.29. The third-order valence-corrected chi connectivity index (χ3v) is 3.56. The van der Waals surface area contributed by atoms with Crippen LogP contribution in [0.2, 0.25) is 0 Å². The van der Waals surface area contributed by atoms with E-state index in [2.05, 4.69) is 20.4 Å². The van der Waals surface area contributed by atoms with Gasteiger partial charge in [0.05, 0.1) is 23.0 Å². The van der Waals surface area contributed by atoms with Crippen LogP contribution >= 0.6 is 0 Å². The van der Waals surface area contributed by atoms with Crippen LogP contribution in [0.15, 0.2) is 42.9 Å². The number of hydrogen-bond acceptors (Lipinski definition) is 5. The van der Waals surface area contributed by atoms with Crippen LogP contribution < -0.4 is 5.32 Å². The molecule has 3 rings (SSSR count). The van der Waals surface area contributed by atoms with E-state index in [-0.39, 0.29) is 22.9 Å². The van der Waals surface area contributed by atoms with Gasteiger partial charge in [-0.3, -0.25) is 4.79 Å². The Morgan fingerprint density at radius 2 is 1.96 bits per heavy atom. The minimum absolute atomic E-state index is 0.0164. The summed E-state index contributed by atoms with van der Waals surface area (Å²) in [6.45, 7) is 1.57. The molecule has 7 nitrogen and oxygen atoms in total. The molecule has 0 aliphatic carbocycles. The lowest BCUT2D eigenvalue weighted by atomic mass is 10.2. The number of nitrogens with zero attached hydrogens (tertiary/aromatic N) is 4. The highest BCUT2D eigenvalue weighted by molar-refractivity contribution is 6.05. The van der Waals surface area contributed by atoms with Gasteiger partial charge in [-0.1, -0.05) is 0 Å². The molecule has 1 amide bonds. The summed E-state index contributed by atoms with van der Waals surface area (Å²) in [5, 5.41) is 16.1. The molecule has 0 aromatic carbocycles. The van der Waals surface area contributed by atoms with Crippen molar-refractivity contribution in [2.45, 2.75) is 13.1 Å². The second kappa shape index (κ2) is 6.47. The van der Waals surface area contributed by atoms with Crippen LogP contribution in [0.25, 0.3) is 5.82 Å². The summed E-state index contributed by atoms with van der Waals surface area (Å²) in [7, 11) is 0. The van der Waals surface area contributed by atoms with E-state index in [1.807, 2.05) is 0 Å². The minimum atomic E-state index is -4.49. The monoisotopic (exact) mass is 363 g/mol. The van der Waals surface area contributed by atoms with Gasteiger partial charge in [-0.05, 0) is 31.2 Å². The maximum Gasteiger partial charge on any atom is 0.417 e. The summed E-state index contributed by atoms with van der Waals surface area (Å²) >= 11 is 0. The molecule has 0 aliphatic heterocycles. The fourth-order valence-electron chi connectivity index (χ4n) is 2.21. The van der Waals surface area contributed by atoms with Crippen molar-refractivity contribution >= 4 is 11.7 Å². The highest BCUT2D eigenvalue weighted by Gasteiger charge is 2.30. The Labute approximate surface area is 145 Å². The van der Waals surface area contributed by atoms with Gasteiger partial charge in [0, 0.05) is 12.4 Å². The predicted molar refractivity (Wildman–Crippen MR) is 85.0 cm³/mol. The van der Waals surface area contributed by atoms with Crippen LogP contribution in [-0.2, 0) is 6.18 Å². The van der Waals surface area contributed by atoms with Gasteiger partial charge in [0.2, 0.25) is 0 Å². The lowest BCUT2D eigenvalue weighted by Crippen LogP contribution is -2.14. The molecule has 0 spiro atoms. The van der Waals surface area contributed by atoms with Crippen LogP contribution in [0.1, 0.15) is 21.6 Å². The van der Waals surface area contributed by atoms with Crippen molar-refractivity contribution in [3.63, 3.8) is 0 Å². The average Bonchev–Trinajstić information content (AvgIpc) is 2.98. The van der Waals surface area contributed by atoms with Crippen molar-refractivity contribution in [2.24, 2.45) is 0 Å². The minimum Gasteiger partial charge on any atom is -0.504 e. The van der Waals surface area contributed by atoms with Crippen molar-refractivity contribution in [2.75, 3.05) is 5.32 Å². The SMILES string of the molecule is Cc1c(C(=O)Nc2ncccc2O)cnn1-c1ccc(C(F)(F)F)cn1. The van der Waals surface area contributed by atoms with E-state index < -0.39 is 17.6 Å². The van der Waals surface area contributed by atoms with Gasteiger partial charge in [0.1, 0.15) is 0 Å². The topological polar surface area (TPSA) is 92.9 Å². The first-order valence-electron chi connectivity index (χ1n) is 7.31. The van der Waals surface area contributed by atoms with Gasteiger partial charge >= 0.3 is 6.18 Å². The number of carbonyl (C=O) groups excluding carboxylic acids is 1. The number of anilines is 1. The Hall–Kier alpha value is -3.43. The molecule has 0 unspecified atom stereocenters. The molecular weight excluding hydrogens is 351 g/mol. The largest absolute Gasteiger partial charge is 0.504 e. The summed E-state index contributed by atoms with van der Waals surface area (Å²) in [5.41, 5.74) is -0.350. The molecule has 10 heteroatoms. The standard InChI is InChI=1S/C16H12F3N5O2/c1-9-11(15(26)23-14-12(25)3-2-6-20-14)8-22-24(9)13-5-4-10(7-21-13)16(17,18)19/h2-8,25H,1H3,(H,20,23,26). The van der Waals surface area contributed by atoms with Crippen LogP contribution in [0.3, 0.4) is 0 Å². The number of alkyl halides is 3.